The van der Waals surface area contributed by atoms with Gasteiger partial charge in [0.1, 0.15) is 0 Å². The van der Waals surface area contributed by atoms with Crippen molar-refractivity contribution in [3.8, 4) is 0 Å². The van der Waals surface area contributed by atoms with Gasteiger partial charge in [0, 0.05) is 60.2 Å². The SMILES string of the molecule is C[Si](C)(C)[Si]([Si](C)(C)C)[Si](C)(C)C.C[Si](C)(C)[Si]([Si](C)(C)C)[Si](C)(C)C.[Cl][Sn-]. The zero-order chi connectivity index (χ0) is 24.2. The number of rotatable bonds is 6. The van der Waals surface area contributed by atoms with Crippen molar-refractivity contribution in [1.82, 2.24) is 0 Å². The quantitative estimate of drug-likeness (QED) is 0.258. The Balaban J connectivity index is -0.000000410. The Labute approximate surface area is 206 Å². The fourth-order valence-electron chi connectivity index (χ4n) is 6.75. The second kappa shape index (κ2) is 12.3. The molecule has 28 heavy (non-hydrogen) atoms. The van der Waals surface area contributed by atoms with Gasteiger partial charge >= 0.3 is 30.3 Å². The predicted octanol–water partition coefficient (Wildman–Crippen LogP) is 7.77. The second-order valence-electron chi connectivity index (χ2n) is 14.2. The van der Waals surface area contributed by atoms with Crippen LogP contribution in [-0.2, 0) is 0 Å². The Hall–Kier alpha value is 2.82. The van der Waals surface area contributed by atoms with Crippen molar-refractivity contribution in [3.63, 3.8) is 0 Å². The molecule has 0 saturated heterocycles. The average Bonchev–Trinajstić information content (AvgIpc) is 2.17. The molecular weight excluding hydrogens is 595 g/mol. The van der Waals surface area contributed by atoms with Crippen LogP contribution in [0.5, 0.6) is 0 Å². The molecule has 170 valence electrons. The zero-order valence-corrected chi connectivity index (χ0v) is 34.5. The van der Waals surface area contributed by atoms with E-state index in [0.29, 0.717) is 0 Å². The summed E-state index contributed by atoms with van der Waals surface area (Å²) in [4.78, 5) is 0. The van der Waals surface area contributed by atoms with Crippen molar-refractivity contribution in [2.24, 2.45) is 0 Å². The number of halogens is 1. The van der Waals surface area contributed by atoms with Gasteiger partial charge in [0.2, 0.25) is 0 Å². The van der Waals surface area contributed by atoms with E-state index in [1.54, 1.807) is 0 Å². The van der Waals surface area contributed by atoms with Crippen LogP contribution < -0.4 is 0 Å². The van der Waals surface area contributed by atoms with Crippen LogP contribution in [0, 0.1) is 0 Å². The van der Waals surface area contributed by atoms with Crippen LogP contribution in [0.3, 0.4) is 0 Å². The Morgan fingerprint density at radius 1 is 0.321 bits per heavy atom. The van der Waals surface area contributed by atoms with Gasteiger partial charge in [-0.2, -0.15) is 0 Å². The molecule has 0 aromatic rings. The van der Waals surface area contributed by atoms with Gasteiger partial charge in [-0.25, -0.2) is 0 Å². The zero-order valence-electron chi connectivity index (χ0n) is 22.9. The van der Waals surface area contributed by atoms with Gasteiger partial charge in [-0.05, 0) is 0 Å². The van der Waals surface area contributed by atoms with Crippen LogP contribution in [0.2, 0.25) is 118 Å². The number of hydrogen-bond acceptors (Lipinski definition) is 0. The molecule has 10 heteroatoms. The standard InChI is InChI=1S/2C9H27Si4.ClH.Sn/c2*1-11(2,3)10(12(4,5)6)13(7,8)9;;/h2*1-9H3;1H;/p-1. The summed E-state index contributed by atoms with van der Waals surface area (Å²) >= 11 is 1.02. The molecule has 0 atom stereocenters. The Kier molecular flexibility index (Phi) is 15.6. The number of hydrogen-bond donors (Lipinski definition) is 0. The third-order valence-electron chi connectivity index (χ3n) is 4.50. The summed E-state index contributed by atoms with van der Waals surface area (Å²) in [6, 6.07) is 0. The third kappa shape index (κ3) is 14.8. The molecule has 0 bridgehead atoms. The molecule has 0 aliphatic carbocycles. The third-order valence-corrected chi connectivity index (χ3v) is 122. The minimum atomic E-state index is -0.832. The molecule has 0 aromatic heterocycles. The molecule has 0 N–H and O–H groups in total. The second-order valence-corrected chi connectivity index (χ2v) is 87.8. The van der Waals surface area contributed by atoms with Gasteiger partial charge in [0.05, 0.1) is 0 Å². The fourth-order valence-corrected chi connectivity index (χ4v) is 182. The topological polar surface area (TPSA) is 0 Å². The molecule has 0 fully saturated rings. The van der Waals surface area contributed by atoms with Gasteiger partial charge in [-0.15, -0.1) is 0 Å². The summed E-state index contributed by atoms with van der Waals surface area (Å²) in [6.45, 7) is 47.0. The van der Waals surface area contributed by atoms with Crippen molar-refractivity contribution in [2.75, 3.05) is 0 Å². The first kappa shape index (κ1) is 35.4. The molecule has 0 aliphatic rings. The van der Waals surface area contributed by atoms with Gasteiger partial charge in [-0.1, -0.05) is 118 Å². The predicted molar refractivity (Wildman–Crippen MR) is 163 cm³/mol. The maximum atomic E-state index is 4.73. The molecule has 0 unspecified atom stereocenters. The summed E-state index contributed by atoms with van der Waals surface area (Å²) in [6.07, 6.45) is 0. The van der Waals surface area contributed by atoms with Gasteiger partial charge in [0.25, 0.3) is 0 Å². The normalized spacial score (nSPS) is 14.4. The first-order chi connectivity index (χ1) is 11.7. The molecule has 0 saturated carbocycles. The summed E-state index contributed by atoms with van der Waals surface area (Å²) in [7, 11) is -0.213. The van der Waals surface area contributed by atoms with Crippen LogP contribution in [0.25, 0.3) is 0 Å². The van der Waals surface area contributed by atoms with E-state index in [1.807, 2.05) is 0 Å². The van der Waals surface area contributed by atoms with E-state index >= 15 is 0 Å². The molecule has 0 aliphatic heterocycles. The monoisotopic (exact) mass is 649 g/mol. The fraction of sp³-hybridized carbons (Fsp3) is 1.00. The van der Waals surface area contributed by atoms with Crippen LogP contribution in [-0.4, -0.2) is 81.6 Å². The Bertz CT molecular complexity index is 323. The van der Waals surface area contributed by atoms with E-state index in [9.17, 15) is 0 Å². The van der Waals surface area contributed by atoms with E-state index in [2.05, 4.69) is 118 Å². The molecule has 0 spiro atoms. The van der Waals surface area contributed by atoms with E-state index in [0.717, 1.165) is 21.4 Å². The molecule has 0 heterocycles. The van der Waals surface area contributed by atoms with Crippen molar-refractivity contribution >= 4 is 90.6 Å². The summed E-state index contributed by atoms with van der Waals surface area (Å²) in [5.74, 6) is 0. The minimum absolute atomic E-state index is 0.0255. The summed E-state index contributed by atoms with van der Waals surface area (Å²) in [5.41, 5.74) is 0. The van der Waals surface area contributed by atoms with Crippen molar-refractivity contribution < 1.29 is 0 Å². The van der Waals surface area contributed by atoms with E-state index in [4.69, 9.17) is 8.92 Å². The van der Waals surface area contributed by atoms with Gasteiger partial charge in [-0.3, -0.25) is 0 Å². The molecule has 0 rings (SSSR count). The van der Waals surface area contributed by atoms with E-state index in [-0.39, 0.29) is 14.7 Å². The van der Waals surface area contributed by atoms with Crippen LogP contribution in [0.4, 0.5) is 0 Å². The first-order valence-corrected chi connectivity index (χ1v) is 44.3. The van der Waals surface area contributed by atoms with Crippen molar-refractivity contribution in [3.05, 3.63) is 0 Å². The van der Waals surface area contributed by atoms with E-state index < -0.39 is 45.5 Å². The first-order valence-electron chi connectivity index (χ1n) is 10.7. The average molecular weight is 649 g/mol. The Morgan fingerprint density at radius 3 is 0.393 bits per heavy atom. The molecule has 0 nitrogen and oxygen atoms in total. The molecule has 4 radical (unpaired) electrons. The summed E-state index contributed by atoms with van der Waals surface area (Å²) in [5, 5.41) is 0. The van der Waals surface area contributed by atoms with Crippen molar-refractivity contribution in [1.29, 1.82) is 0 Å². The van der Waals surface area contributed by atoms with Gasteiger partial charge in [0.15, 0.2) is 0 Å². The van der Waals surface area contributed by atoms with Crippen LogP contribution in [0.1, 0.15) is 0 Å². The molecular formula is C18H54ClSi8Sn-. The van der Waals surface area contributed by atoms with Crippen LogP contribution >= 0.6 is 8.92 Å². The maximum absolute atomic E-state index is 4.73. The van der Waals surface area contributed by atoms with Crippen molar-refractivity contribution in [2.45, 2.75) is 118 Å². The summed E-state index contributed by atoms with van der Waals surface area (Å²) < 4.78 is 0. The van der Waals surface area contributed by atoms with Gasteiger partial charge < -0.3 is 0 Å². The molecule has 0 amide bonds. The van der Waals surface area contributed by atoms with Crippen LogP contribution in [0.15, 0.2) is 0 Å². The molecule has 0 aromatic carbocycles. The van der Waals surface area contributed by atoms with E-state index in [1.165, 1.54) is 0 Å². The Morgan fingerprint density at radius 2 is 0.393 bits per heavy atom.